The van der Waals surface area contributed by atoms with Crippen LogP contribution in [0.1, 0.15) is 63.9 Å². The van der Waals surface area contributed by atoms with E-state index in [1.165, 1.54) is 31.2 Å². The summed E-state index contributed by atoms with van der Waals surface area (Å²) in [7, 11) is 0. The Kier molecular flexibility index (Phi) is 4.61. The van der Waals surface area contributed by atoms with E-state index in [2.05, 4.69) is 47.9 Å². The summed E-state index contributed by atoms with van der Waals surface area (Å²) in [5.74, 6) is 1.01. The lowest BCUT2D eigenvalue weighted by Gasteiger charge is -2.52. The minimum Gasteiger partial charge on any atom is -0.353 e. The molecule has 3 aliphatic rings. The number of fused-ring (bicyclic) bond motifs is 2. The number of hydrogen-bond acceptors (Lipinski definition) is 2. The van der Waals surface area contributed by atoms with E-state index in [9.17, 15) is 4.79 Å². The molecule has 2 N–H and O–H groups in total. The zero-order chi connectivity index (χ0) is 17.3. The van der Waals surface area contributed by atoms with Gasteiger partial charge < -0.3 is 10.6 Å². The molecule has 1 aromatic rings. The van der Waals surface area contributed by atoms with Crippen molar-refractivity contribution in [3.05, 3.63) is 35.9 Å². The molecule has 3 fully saturated rings. The lowest BCUT2D eigenvalue weighted by atomic mass is 9.52. The lowest BCUT2D eigenvalue weighted by molar-refractivity contribution is -0.136. The third-order valence-corrected chi connectivity index (χ3v) is 7.02. The predicted molar refractivity (Wildman–Crippen MR) is 101 cm³/mol. The van der Waals surface area contributed by atoms with Crippen LogP contribution in [0.2, 0.25) is 0 Å². The number of amides is 1. The molecule has 4 rings (SSSR count). The highest BCUT2D eigenvalue weighted by Crippen LogP contribution is 2.56. The fourth-order valence-corrected chi connectivity index (χ4v) is 5.93. The van der Waals surface area contributed by atoms with Crippen molar-refractivity contribution in [2.45, 2.75) is 69.7 Å². The summed E-state index contributed by atoms with van der Waals surface area (Å²) in [6.45, 7) is 4.29. The molecule has 25 heavy (non-hydrogen) atoms. The van der Waals surface area contributed by atoms with E-state index < -0.39 is 0 Å². The monoisotopic (exact) mass is 340 g/mol. The van der Waals surface area contributed by atoms with Gasteiger partial charge in [0.05, 0.1) is 0 Å². The summed E-state index contributed by atoms with van der Waals surface area (Å²) < 4.78 is 0. The van der Waals surface area contributed by atoms with Gasteiger partial charge in [0.15, 0.2) is 0 Å². The Balaban J connectivity index is 1.56. The Morgan fingerprint density at radius 2 is 1.88 bits per heavy atom. The van der Waals surface area contributed by atoms with E-state index in [1.807, 2.05) is 0 Å². The molecule has 3 atom stereocenters. The summed E-state index contributed by atoms with van der Waals surface area (Å²) in [4.78, 5) is 13.3. The Bertz CT molecular complexity index is 610. The van der Waals surface area contributed by atoms with Gasteiger partial charge in [-0.25, -0.2) is 0 Å². The third-order valence-electron chi connectivity index (χ3n) is 7.02. The van der Waals surface area contributed by atoms with Gasteiger partial charge in [0.1, 0.15) is 0 Å². The highest BCUT2D eigenvalue weighted by atomic mass is 16.2. The molecule has 1 saturated heterocycles. The summed E-state index contributed by atoms with van der Waals surface area (Å²) in [6.07, 6.45) is 9.33. The van der Waals surface area contributed by atoms with Crippen molar-refractivity contribution in [3.63, 3.8) is 0 Å². The normalized spacial score (nSPS) is 36.0. The summed E-state index contributed by atoms with van der Waals surface area (Å²) in [5.41, 5.74) is 1.45. The van der Waals surface area contributed by atoms with E-state index in [1.54, 1.807) is 0 Å². The fourth-order valence-electron chi connectivity index (χ4n) is 5.93. The average Bonchev–Trinajstić information content (AvgIpc) is 2.63. The number of hydrogen-bond donors (Lipinski definition) is 2. The molecular weight excluding hydrogens is 308 g/mol. The molecule has 0 aromatic heterocycles. The van der Waals surface area contributed by atoms with Crippen molar-refractivity contribution < 1.29 is 4.79 Å². The standard InChI is InChI=1S/C22H32N2O/c1-21(20(25)24-19-9-12-23-13-10-19)14-17-6-5-11-22(15-17,16-21)18-7-3-2-4-8-18/h2-4,7-8,17,19,23H,5-6,9-16H2,1H3,(H,24,25). The van der Waals surface area contributed by atoms with Crippen LogP contribution in [0.5, 0.6) is 0 Å². The average molecular weight is 341 g/mol. The summed E-state index contributed by atoms with van der Waals surface area (Å²) in [5, 5.41) is 6.79. The van der Waals surface area contributed by atoms with Crippen molar-refractivity contribution >= 4 is 5.91 Å². The highest BCUT2D eigenvalue weighted by Gasteiger charge is 2.51. The van der Waals surface area contributed by atoms with Gasteiger partial charge in [0, 0.05) is 11.5 Å². The molecule has 2 saturated carbocycles. The van der Waals surface area contributed by atoms with Crippen LogP contribution in [0.3, 0.4) is 0 Å². The van der Waals surface area contributed by atoms with Crippen LogP contribution in [-0.2, 0) is 10.2 Å². The van der Waals surface area contributed by atoms with Crippen LogP contribution in [0.4, 0.5) is 0 Å². The van der Waals surface area contributed by atoms with Crippen LogP contribution in [0.15, 0.2) is 30.3 Å². The minimum absolute atomic E-state index is 0.211. The Hall–Kier alpha value is -1.35. The molecule has 1 aromatic carbocycles. The Labute approximate surface area is 152 Å². The van der Waals surface area contributed by atoms with Crippen LogP contribution in [0, 0.1) is 11.3 Å². The van der Waals surface area contributed by atoms with E-state index in [-0.39, 0.29) is 10.8 Å². The Morgan fingerprint density at radius 3 is 2.64 bits per heavy atom. The zero-order valence-electron chi connectivity index (χ0n) is 15.5. The predicted octanol–water partition coefficient (Wildman–Crippen LogP) is 3.78. The Morgan fingerprint density at radius 1 is 1.12 bits per heavy atom. The van der Waals surface area contributed by atoms with E-state index in [0.717, 1.165) is 38.8 Å². The smallest absolute Gasteiger partial charge is 0.226 e. The molecule has 1 amide bonds. The number of piperidine rings is 1. The molecule has 1 aliphatic heterocycles. The molecule has 136 valence electrons. The van der Waals surface area contributed by atoms with Gasteiger partial charge in [-0.15, -0.1) is 0 Å². The van der Waals surface area contributed by atoms with Gasteiger partial charge >= 0.3 is 0 Å². The number of carbonyl (C=O) groups excluding carboxylic acids is 1. The largest absolute Gasteiger partial charge is 0.353 e. The van der Waals surface area contributed by atoms with Crippen LogP contribution in [-0.4, -0.2) is 25.0 Å². The molecule has 3 unspecified atom stereocenters. The van der Waals surface area contributed by atoms with Crippen molar-refractivity contribution in [1.29, 1.82) is 0 Å². The van der Waals surface area contributed by atoms with Crippen molar-refractivity contribution in [3.8, 4) is 0 Å². The van der Waals surface area contributed by atoms with Crippen molar-refractivity contribution in [1.82, 2.24) is 10.6 Å². The van der Waals surface area contributed by atoms with E-state index in [0.29, 0.717) is 17.9 Å². The van der Waals surface area contributed by atoms with Crippen LogP contribution >= 0.6 is 0 Å². The van der Waals surface area contributed by atoms with E-state index >= 15 is 0 Å². The molecule has 2 aliphatic carbocycles. The van der Waals surface area contributed by atoms with Gasteiger partial charge in [0.2, 0.25) is 5.91 Å². The SMILES string of the molecule is CC1(C(=O)NC2CCNCC2)CC2CCCC(c3ccccc3)(C2)C1. The molecular formula is C22H32N2O. The molecule has 3 heteroatoms. The second-order valence-corrected chi connectivity index (χ2v) is 9.05. The highest BCUT2D eigenvalue weighted by molar-refractivity contribution is 5.83. The maximum Gasteiger partial charge on any atom is 0.226 e. The van der Waals surface area contributed by atoms with Gasteiger partial charge in [-0.3, -0.25) is 4.79 Å². The van der Waals surface area contributed by atoms with E-state index in [4.69, 9.17) is 0 Å². The van der Waals surface area contributed by atoms with Gasteiger partial charge in [-0.05, 0) is 68.5 Å². The van der Waals surface area contributed by atoms with Gasteiger partial charge in [-0.2, -0.15) is 0 Å². The van der Waals surface area contributed by atoms with Crippen LogP contribution in [0.25, 0.3) is 0 Å². The fraction of sp³-hybridized carbons (Fsp3) is 0.682. The maximum atomic E-state index is 13.3. The lowest BCUT2D eigenvalue weighted by Crippen LogP contribution is -2.54. The first-order valence-corrected chi connectivity index (χ1v) is 10.2. The van der Waals surface area contributed by atoms with Crippen molar-refractivity contribution in [2.75, 3.05) is 13.1 Å². The van der Waals surface area contributed by atoms with Gasteiger partial charge in [0.25, 0.3) is 0 Å². The minimum atomic E-state index is -0.218. The maximum absolute atomic E-state index is 13.3. The molecule has 0 spiro atoms. The second kappa shape index (κ2) is 6.75. The first-order valence-electron chi connectivity index (χ1n) is 10.2. The molecule has 0 radical (unpaired) electrons. The first kappa shape index (κ1) is 17.1. The molecule has 2 bridgehead atoms. The van der Waals surface area contributed by atoms with Crippen molar-refractivity contribution in [2.24, 2.45) is 11.3 Å². The number of rotatable bonds is 3. The first-order chi connectivity index (χ1) is 12.1. The quantitative estimate of drug-likeness (QED) is 0.879. The third kappa shape index (κ3) is 3.36. The second-order valence-electron chi connectivity index (χ2n) is 9.05. The number of nitrogens with one attached hydrogen (secondary N) is 2. The molecule has 1 heterocycles. The molecule has 3 nitrogen and oxygen atoms in total. The summed E-state index contributed by atoms with van der Waals surface area (Å²) >= 11 is 0. The topological polar surface area (TPSA) is 41.1 Å². The number of benzene rings is 1. The van der Waals surface area contributed by atoms with Crippen LogP contribution < -0.4 is 10.6 Å². The number of carbonyl (C=O) groups is 1. The summed E-state index contributed by atoms with van der Waals surface area (Å²) in [6, 6.07) is 11.4. The zero-order valence-corrected chi connectivity index (χ0v) is 15.5. The van der Waals surface area contributed by atoms with Gasteiger partial charge in [-0.1, -0.05) is 50.1 Å².